The Kier molecular flexibility index (Phi) is 5.29. The molecule has 0 spiro atoms. The second kappa shape index (κ2) is 7.32. The number of fused-ring (bicyclic) bond motifs is 1. The SMILES string of the molecule is Cc1ccc(-c2c(CBr)c(Br)nc3c(O)c(=CF)c(=CF)c(O)c23)cc1. The van der Waals surface area contributed by atoms with Crippen molar-refractivity contribution in [3.8, 4) is 22.6 Å². The van der Waals surface area contributed by atoms with Gasteiger partial charge in [-0.2, -0.15) is 0 Å². The third-order valence-electron chi connectivity index (χ3n) is 4.20. The summed E-state index contributed by atoms with van der Waals surface area (Å²) in [6, 6.07) is 7.51. The van der Waals surface area contributed by atoms with Gasteiger partial charge in [-0.05, 0) is 28.4 Å². The summed E-state index contributed by atoms with van der Waals surface area (Å²) in [6.07, 6.45) is 0.105. The number of phenolic OH excluding ortho intramolecular Hbond substituents is 2. The van der Waals surface area contributed by atoms with Gasteiger partial charge in [-0.3, -0.25) is 0 Å². The fourth-order valence-corrected chi connectivity index (χ4v) is 4.33. The van der Waals surface area contributed by atoms with Crippen molar-refractivity contribution in [2.75, 3.05) is 0 Å². The molecule has 1 aromatic heterocycles. The van der Waals surface area contributed by atoms with Crippen LogP contribution in [0.5, 0.6) is 11.5 Å². The van der Waals surface area contributed by atoms with Crippen LogP contribution < -0.4 is 10.4 Å². The molecule has 0 saturated heterocycles. The third kappa shape index (κ3) is 2.89. The monoisotopic (exact) mass is 483 g/mol. The molecule has 3 rings (SSSR count). The molecule has 3 aromatic rings. The van der Waals surface area contributed by atoms with Gasteiger partial charge in [0.1, 0.15) is 15.9 Å². The number of aromatic nitrogens is 1. The zero-order valence-electron chi connectivity index (χ0n) is 13.5. The minimum atomic E-state index is -0.542. The van der Waals surface area contributed by atoms with E-state index in [-0.39, 0.29) is 23.6 Å². The number of alkyl halides is 1. The molecule has 0 saturated carbocycles. The van der Waals surface area contributed by atoms with Gasteiger partial charge in [-0.15, -0.1) is 0 Å². The van der Waals surface area contributed by atoms with E-state index in [1.54, 1.807) is 0 Å². The standard InChI is InChI=1S/C19H13Br2F2NO2/c1-9-2-4-10(5-3-9)14-11(6-20)19(21)24-16-15(14)17(25)12(7-22)13(8-23)18(16)26/h2-5,7-8,25-26H,6H2,1H3. The van der Waals surface area contributed by atoms with Crippen LogP contribution in [0.15, 0.2) is 28.9 Å². The second-order valence-electron chi connectivity index (χ2n) is 5.72. The number of hydrogen-bond acceptors (Lipinski definition) is 3. The molecule has 0 bridgehead atoms. The highest BCUT2D eigenvalue weighted by Crippen LogP contribution is 2.40. The summed E-state index contributed by atoms with van der Waals surface area (Å²) in [5.41, 5.74) is 3.04. The van der Waals surface area contributed by atoms with Gasteiger partial charge in [-0.1, -0.05) is 45.8 Å². The highest BCUT2D eigenvalue weighted by molar-refractivity contribution is 9.10. The average molecular weight is 485 g/mol. The molecule has 0 aliphatic heterocycles. The van der Waals surface area contributed by atoms with Crippen LogP contribution >= 0.6 is 31.9 Å². The summed E-state index contributed by atoms with van der Waals surface area (Å²) >= 11 is 6.76. The molecule has 0 unspecified atom stereocenters. The Hall–Kier alpha value is -1.99. The van der Waals surface area contributed by atoms with E-state index in [1.165, 1.54) is 0 Å². The van der Waals surface area contributed by atoms with E-state index in [1.807, 2.05) is 31.2 Å². The number of phenols is 2. The van der Waals surface area contributed by atoms with E-state index in [2.05, 4.69) is 36.8 Å². The van der Waals surface area contributed by atoms with Crippen molar-refractivity contribution in [3.05, 3.63) is 50.4 Å². The van der Waals surface area contributed by atoms with E-state index < -0.39 is 21.9 Å². The van der Waals surface area contributed by atoms with Crippen LogP contribution in [0, 0.1) is 6.92 Å². The lowest BCUT2D eigenvalue weighted by atomic mass is 9.94. The van der Waals surface area contributed by atoms with Gasteiger partial charge in [0.25, 0.3) is 0 Å². The molecule has 0 fully saturated rings. The normalized spacial score (nSPS) is 13.0. The number of hydrogen-bond donors (Lipinski definition) is 2. The Labute approximate surface area is 164 Å². The Bertz CT molecular complexity index is 1130. The van der Waals surface area contributed by atoms with Crippen LogP contribution in [0.3, 0.4) is 0 Å². The van der Waals surface area contributed by atoms with E-state index in [9.17, 15) is 19.0 Å². The van der Waals surface area contributed by atoms with Crippen molar-refractivity contribution in [1.82, 2.24) is 4.98 Å². The van der Waals surface area contributed by atoms with E-state index in [4.69, 9.17) is 0 Å². The molecule has 2 N–H and O–H groups in total. The van der Waals surface area contributed by atoms with Crippen LogP contribution in [0.2, 0.25) is 0 Å². The maximum Gasteiger partial charge on any atom is 0.152 e. The van der Waals surface area contributed by atoms with Crippen molar-refractivity contribution in [1.29, 1.82) is 0 Å². The first-order chi connectivity index (χ1) is 12.4. The molecule has 0 radical (unpaired) electrons. The molecule has 0 aliphatic rings. The minimum Gasteiger partial charge on any atom is -0.506 e. The Balaban J connectivity index is 2.65. The minimum absolute atomic E-state index is 0.0239. The Morgan fingerprint density at radius 2 is 1.62 bits per heavy atom. The molecule has 134 valence electrons. The predicted molar refractivity (Wildman–Crippen MR) is 106 cm³/mol. The summed E-state index contributed by atoms with van der Waals surface area (Å²) in [5.74, 6) is -1.03. The lowest BCUT2D eigenvalue weighted by molar-refractivity contribution is 0.459. The molecule has 0 aliphatic carbocycles. The van der Waals surface area contributed by atoms with Gasteiger partial charge >= 0.3 is 0 Å². The molecule has 26 heavy (non-hydrogen) atoms. The first-order valence-corrected chi connectivity index (χ1v) is 9.45. The van der Waals surface area contributed by atoms with Crippen LogP contribution in [0.4, 0.5) is 8.78 Å². The van der Waals surface area contributed by atoms with Crippen molar-refractivity contribution in [2.24, 2.45) is 0 Å². The van der Waals surface area contributed by atoms with E-state index in [0.29, 0.717) is 21.1 Å². The topological polar surface area (TPSA) is 53.4 Å². The molecule has 2 aromatic carbocycles. The van der Waals surface area contributed by atoms with Crippen molar-refractivity contribution < 1.29 is 19.0 Å². The average Bonchev–Trinajstić information content (AvgIpc) is 2.64. The number of halogens is 4. The van der Waals surface area contributed by atoms with Crippen molar-refractivity contribution in [3.63, 3.8) is 0 Å². The molecule has 0 atom stereocenters. The van der Waals surface area contributed by atoms with Crippen molar-refractivity contribution >= 4 is 55.4 Å². The van der Waals surface area contributed by atoms with Gasteiger partial charge in [0.2, 0.25) is 0 Å². The zero-order chi connectivity index (χ0) is 19.0. The first-order valence-electron chi connectivity index (χ1n) is 7.54. The number of benzene rings is 2. The van der Waals surface area contributed by atoms with E-state index >= 15 is 0 Å². The summed E-state index contributed by atoms with van der Waals surface area (Å²) in [4.78, 5) is 4.25. The lowest BCUT2D eigenvalue weighted by Gasteiger charge is -2.16. The van der Waals surface area contributed by atoms with E-state index in [0.717, 1.165) is 11.1 Å². The van der Waals surface area contributed by atoms with Gasteiger partial charge in [-0.25, -0.2) is 13.8 Å². The van der Waals surface area contributed by atoms with Crippen molar-refractivity contribution in [2.45, 2.75) is 12.3 Å². The summed E-state index contributed by atoms with van der Waals surface area (Å²) in [7, 11) is 0. The number of aryl methyl sites for hydroxylation is 1. The third-order valence-corrected chi connectivity index (χ3v) is 5.42. The number of pyridine rings is 1. The number of rotatable bonds is 2. The van der Waals surface area contributed by atoms with Gasteiger partial charge in [0, 0.05) is 16.5 Å². The van der Waals surface area contributed by atoms with Crippen LogP contribution in [-0.2, 0) is 5.33 Å². The van der Waals surface area contributed by atoms with Gasteiger partial charge in [0.15, 0.2) is 5.75 Å². The fourth-order valence-electron chi connectivity index (χ4n) is 2.89. The molecule has 0 amide bonds. The van der Waals surface area contributed by atoms with Crippen LogP contribution in [0.1, 0.15) is 11.1 Å². The van der Waals surface area contributed by atoms with Crippen LogP contribution in [0.25, 0.3) is 34.7 Å². The lowest BCUT2D eigenvalue weighted by Crippen LogP contribution is -2.25. The predicted octanol–water partition coefficient (Wildman–Crippen LogP) is 4.69. The maximum absolute atomic E-state index is 13.4. The quantitative estimate of drug-likeness (QED) is 0.315. The first kappa shape index (κ1) is 18.8. The Morgan fingerprint density at radius 3 is 2.15 bits per heavy atom. The molecular formula is C19H13Br2F2NO2. The molecule has 3 nitrogen and oxygen atoms in total. The van der Waals surface area contributed by atoms with Crippen LogP contribution in [-0.4, -0.2) is 15.2 Å². The second-order valence-corrected chi connectivity index (χ2v) is 7.03. The van der Waals surface area contributed by atoms with Gasteiger partial charge < -0.3 is 10.2 Å². The highest BCUT2D eigenvalue weighted by Gasteiger charge is 2.21. The molecule has 1 heterocycles. The van der Waals surface area contributed by atoms with Gasteiger partial charge in [0.05, 0.1) is 28.5 Å². The molecular weight excluding hydrogens is 472 g/mol. The number of nitrogens with zero attached hydrogens (tertiary/aromatic N) is 1. The largest absolute Gasteiger partial charge is 0.506 e. The smallest absolute Gasteiger partial charge is 0.152 e. The zero-order valence-corrected chi connectivity index (χ0v) is 16.7. The molecule has 7 heteroatoms. The Morgan fingerprint density at radius 1 is 1.04 bits per heavy atom. The maximum atomic E-state index is 13.4. The number of aromatic hydroxyl groups is 2. The summed E-state index contributed by atoms with van der Waals surface area (Å²) in [5, 5.41) is 20.7. The highest BCUT2D eigenvalue weighted by atomic mass is 79.9. The summed E-state index contributed by atoms with van der Waals surface area (Å²) < 4.78 is 27.0. The summed E-state index contributed by atoms with van der Waals surface area (Å²) in [6.45, 7) is 1.94. The fraction of sp³-hybridized carbons (Fsp3) is 0.105.